The summed E-state index contributed by atoms with van der Waals surface area (Å²) in [5.41, 5.74) is 5.25. The van der Waals surface area contributed by atoms with Crippen molar-refractivity contribution in [3.8, 4) is 22.5 Å². The summed E-state index contributed by atoms with van der Waals surface area (Å²) in [7, 11) is 0. The monoisotopic (exact) mass is 574 g/mol. The smallest absolute Gasteiger partial charge is 0.227 e. The van der Waals surface area contributed by atoms with E-state index in [1.54, 1.807) is 4.90 Å². The highest BCUT2D eigenvalue weighted by Gasteiger charge is 2.29. The molecule has 0 saturated carbocycles. The second kappa shape index (κ2) is 15.4. The van der Waals surface area contributed by atoms with Gasteiger partial charge >= 0.3 is 0 Å². The van der Waals surface area contributed by atoms with E-state index >= 15 is 0 Å². The lowest BCUT2D eigenvalue weighted by atomic mass is 9.95. The van der Waals surface area contributed by atoms with Crippen molar-refractivity contribution < 1.29 is 19.1 Å². The van der Waals surface area contributed by atoms with Crippen LogP contribution in [-0.2, 0) is 32.2 Å². The normalized spacial score (nSPS) is 12.2. The fraction of sp³-hybridized carbons (Fsp3) is 0.469. The van der Waals surface area contributed by atoms with Crippen LogP contribution in [-0.4, -0.2) is 64.9 Å². The van der Waals surface area contributed by atoms with Gasteiger partial charge in [-0.2, -0.15) is 0 Å². The van der Waals surface area contributed by atoms with E-state index in [1.165, 1.54) is 0 Å². The predicted octanol–water partition coefficient (Wildman–Crippen LogP) is 4.13. The number of rotatable bonds is 15. The van der Waals surface area contributed by atoms with Crippen LogP contribution in [0.25, 0.3) is 22.5 Å². The van der Waals surface area contributed by atoms with E-state index in [0.29, 0.717) is 58.2 Å². The number of aromatic nitrogens is 3. The summed E-state index contributed by atoms with van der Waals surface area (Å²) in [6.45, 7) is 9.21. The summed E-state index contributed by atoms with van der Waals surface area (Å²) < 4.78 is 7.40. The van der Waals surface area contributed by atoms with E-state index < -0.39 is 0 Å². The predicted molar refractivity (Wildman–Crippen MR) is 163 cm³/mol. The third kappa shape index (κ3) is 8.10. The van der Waals surface area contributed by atoms with Crippen LogP contribution in [0, 0.1) is 0 Å². The first-order valence-electron chi connectivity index (χ1n) is 14.9. The number of Topliss-reactive ketones (excluding diaryl/α,β-unsaturated/α-hetero) is 1. The number of para-hydroxylation sites is 1. The van der Waals surface area contributed by atoms with Gasteiger partial charge in [-0.05, 0) is 18.1 Å². The van der Waals surface area contributed by atoms with E-state index in [1.807, 2.05) is 54.1 Å². The Hall–Kier alpha value is -3.89. The highest BCUT2D eigenvalue weighted by atomic mass is 16.5. The molecule has 2 N–H and O–H groups in total. The Morgan fingerprint density at radius 3 is 2.50 bits per heavy atom. The SMILES string of the molecule is CCC(=O)CCOCCCNC(=O)CCC(=O)N1Cc2ccccc2-c2c(nnn2CCNC(C)C)-c2ccccc21. The lowest BCUT2D eigenvalue weighted by Gasteiger charge is -2.28. The van der Waals surface area contributed by atoms with Crippen LogP contribution in [0.15, 0.2) is 48.5 Å². The average Bonchev–Trinajstić information content (AvgIpc) is 3.40. The number of ether oxygens (including phenoxy) is 1. The molecule has 224 valence electrons. The lowest BCUT2D eigenvalue weighted by Crippen LogP contribution is -2.33. The zero-order valence-corrected chi connectivity index (χ0v) is 24.9. The number of nitrogens with zero attached hydrogens (tertiary/aromatic N) is 4. The number of benzene rings is 2. The maximum Gasteiger partial charge on any atom is 0.227 e. The quantitative estimate of drug-likeness (QED) is 0.262. The molecule has 1 aromatic heterocycles. The zero-order chi connectivity index (χ0) is 29.9. The van der Waals surface area contributed by atoms with Crippen molar-refractivity contribution in [3.05, 3.63) is 54.1 Å². The van der Waals surface area contributed by atoms with Crippen LogP contribution in [0.5, 0.6) is 0 Å². The molecule has 0 unspecified atom stereocenters. The molecular weight excluding hydrogens is 532 g/mol. The van der Waals surface area contributed by atoms with Crippen LogP contribution < -0.4 is 15.5 Å². The molecule has 2 heterocycles. The summed E-state index contributed by atoms with van der Waals surface area (Å²) >= 11 is 0. The fourth-order valence-corrected chi connectivity index (χ4v) is 4.96. The van der Waals surface area contributed by atoms with Gasteiger partial charge in [0.25, 0.3) is 0 Å². The molecule has 1 aliphatic rings. The molecule has 0 spiro atoms. The largest absolute Gasteiger partial charge is 0.381 e. The average molecular weight is 575 g/mol. The summed E-state index contributed by atoms with van der Waals surface area (Å²) in [6.07, 6.45) is 1.76. The first kappa shape index (κ1) is 31.1. The van der Waals surface area contributed by atoms with Crippen molar-refractivity contribution in [3.63, 3.8) is 0 Å². The number of carbonyl (C=O) groups excluding carboxylic acids is 3. The van der Waals surface area contributed by atoms with Gasteiger partial charge in [0, 0.05) is 62.5 Å². The van der Waals surface area contributed by atoms with E-state index in [0.717, 1.165) is 40.3 Å². The Balaban J connectivity index is 1.44. The molecular formula is C32H42N6O4. The molecule has 1 aliphatic heterocycles. The Kier molecular flexibility index (Phi) is 11.4. The number of hydrogen-bond donors (Lipinski definition) is 2. The Labute approximate surface area is 247 Å². The molecule has 2 amide bonds. The maximum atomic E-state index is 13.6. The standard InChI is InChI=1S/C32H42N6O4/c1-4-25(39)16-21-42-20-9-17-34-29(40)14-15-30(41)37-22-24-10-5-6-11-26(24)32-31(27-12-7-8-13-28(27)37)35-36-38(32)19-18-33-23(2)3/h5-8,10-13,23,33H,4,9,14-22H2,1-3H3,(H,34,40). The summed E-state index contributed by atoms with van der Waals surface area (Å²) in [5.74, 6) is -0.126. The minimum absolute atomic E-state index is 0.0817. The third-order valence-corrected chi connectivity index (χ3v) is 7.24. The van der Waals surface area contributed by atoms with Crippen molar-refractivity contribution >= 4 is 23.3 Å². The van der Waals surface area contributed by atoms with E-state index in [2.05, 4.69) is 40.9 Å². The molecule has 3 aromatic rings. The lowest BCUT2D eigenvalue weighted by molar-refractivity contribution is -0.125. The van der Waals surface area contributed by atoms with Crippen LogP contribution >= 0.6 is 0 Å². The summed E-state index contributed by atoms with van der Waals surface area (Å²) in [4.78, 5) is 39.2. The van der Waals surface area contributed by atoms with Crippen LogP contribution in [0.1, 0.15) is 58.4 Å². The first-order valence-corrected chi connectivity index (χ1v) is 14.9. The second-order valence-electron chi connectivity index (χ2n) is 10.7. The topological polar surface area (TPSA) is 118 Å². The number of anilines is 1. The zero-order valence-electron chi connectivity index (χ0n) is 24.9. The van der Waals surface area contributed by atoms with Crippen LogP contribution in [0.2, 0.25) is 0 Å². The molecule has 0 radical (unpaired) electrons. The minimum Gasteiger partial charge on any atom is -0.381 e. The number of carbonyl (C=O) groups is 3. The van der Waals surface area contributed by atoms with E-state index in [-0.39, 0.29) is 30.4 Å². The van der Waals surface area contributed by atoms with Gasteiger partial charge in [0.05, 0.1) is 31.1 Å². The van der Waals surface area contributed by atoms with Gasteiger partial charge in [0.2, 0.25) is 11.8 Å². The molecule has 4 rings (SSSR count). The van der Waals surface area contributed by atoms with Gasteiger partial charge in [0.1, 0.15) is 11.5 Å². The van der Waals surface area contributed by atoms with Crippen molar-refractivity contribution in [1.82, 2.24) is 25.6 Å². The van der Waals surface area contributed by atoms with Crippen molar-refractivity contribution in [2.24, 2.45) is 0 Å². The fourth-order valence-electron chi connectivity index (χ4n) is 4.96. The molecule has 0 saturated heterocycles. The number of ketones is 1. The molecule has 0 aliphatic carbocycles. The first-order chi connectivity index (χ1) is 20.4. The van der Waals surface area contributed by atoms with Gasteiger partial charge < -0.3 is 20.3 Å². The highest BCUT2D eigenvalue weighted by Crippen LogP contribution is 2.41. The molecule has 10 heteroatoms. The highest BCUT2D eigenvalue weighted by molar-refractivity contribution is 6.01. The third-order valence-electron chi connectivity index (χ3n) is 7.24. The van der Waals surface area contributed by atoms with Crippen molar-refractivity contribution in [2.45, 2.75) is 72.0 Å². The Morgan fingerprint density at radius 2 is 1.71 bits per heavy atom. The van der Waals surface area contributed by atoms with Gasteiger partial charge in [-0.15, -0.1) is 5.10 Å². The van der Waals surface area contributed by atoms with Gasteiger partial charge in [-0.25, -0.2) is 4.68 Å². The number of nitrogens with one attached hydrogen (secondary N) is 2. The summed E-state index contributed by atoms with van der Waals surface area (Å²) in [5, 5.41) is 15.4. The maximum absolute atomic E-state index is 13.6. The van der Waals surface area contributed by atoms with Gasteiger partial charge in [0.15, 0.2) is 0 Å². The van der Waals surface area contributed by atoms with Crippen molar-refractivity contribution in [2.75, 3.05) is 31.2 Å². The van der Waals surface area contributed by atoms with Crippen LogP contribution in [0.4, 0.5) is 5.69 Å². The summed E-state index contributed by atoms with van der Waals surface area (Å²) in [6, 6.07) is 16.2. The molecule has 0 atom stereocenters. The second-order valence-corrected chi connectivity index (χ2v) is 10.7. The number of amides is 2. The minimum atomic E-state index is -0.175. The number of hydrogen-bond acceptors (Lipinski definition) is 7. The molecule has 42 heavy (non-hydrogen) atoms. The van der Waals surface area contributed by atoms with E-state index in [4.69, 9.17) is 4.74 Å². The van der Waals surface area contributed by atoms with Crippen molar-refractivity contribution in [1.29, 1.82) is 0 Å². The van der Waals surface area contributed by atoms with E-state index in [9.17, 15) is 14.4 Å². The molecule has 0 bridgehead atoms. The molecule has 2 aromatic carbocycles. The molecule has 10 nitrogen and oxygen atoms in total. The van der Waals surface area contributed by atoms with Gasteiger partial charge in [-0.1, -0.05) is 68.4 Å². The molecule has 0 fully saturated rings. The van der Waals surface area contributed by atoms with Crippen LogP contribution in [0.3, 0.4) is 0 Å². The number of fused-ring (bicyclic) bond motifs is 5. The Bertz CT molecular complexity index is 1370. The Morgan fingerprint density at radius 1 is 0.952 bits per heavy atom. The van der Waals surface area contributed by atoms with Gasteiger partial charge in [-0.3, -0.25) is 14.4 Å².